The van der Waals surface area contributed by atoms with Gasteiger partial charge in [0.15, 0.2) is 5.78 Å². The third-order valence-electron chi connectivity index (χ3n) is 1.81. The van der Waals surface area contributed by atoms with Crippen LogP contribution in [0.2, 0.25) is 0 Å². The minimum atomic E-state index is -0.169. The number of carbonyl (C=O) groups is 1. The number of hydrogen-bond acceptors (Lipinski definition) is 3. The normalized spacial score (nSPS) is 10.5. The molecule has 0 rings (SSSR count). The second kappa shape index (κ2) is 9.31. The van der Waals surface area contributed by atoms with E-state index in [-0.39, 0.29) is 11.8 Å². The maximum absolute atomic E-state index is 10.9. The highest BCUT2D eigenvalue weighted by Gasteiger charge is 2.07. The molecule has 0 aromatic rings. The summed E-state index contributed by atoms with van der Waals surface area (Å²) in [7, 11) is 1.81. The first-order chi connectivity index (χ1) is 6.97. The second-order valence-electron chi connectivity index (χ2n) is 3.11. The van der Waals surface area contributed by atoms with Crippen molar-refractivity contribution in [3.05, 3.63) is 24.6 Å². The summed E-state index contributed by atoms with van der Waals surface area (Å²) in [5.74, 6) is 0.108. The monoisotopic (exact) mass is 212 g/mol. The van der Waals surface area contributed by atoms with E-state index in [0.717, 1.165) is 11.4 Å². The van der Waals surface area contributed by atoms with Gasteiger partial charge in [0.25, 0.3) is 0 Å². The van der Waals surface area contributed by atoms with Crippen LogP contribution in [0.15, 0.2) is 24.6 Å². The van der Waals surface area contributed by atoms with E-state index in [9.17, 15) is 4.79 Å². The van der Waals surface area contributed by atoms with Gasteiger partial charge in [-0.25, -0.2) is 0 Å². The van der Waals surface area contributed by atoms with Crippen molar-refractivity contribution in [1.82, 2.24) is 10.6 Å². The molecule has 0 aliphatic rings. The van der Waals surface area contributed by atoms with Gasteiger partial charge in [-0.1, -0.05) is 27.0 Å². The minimum absolute atomic E-state index is 0.108. The quantitative estimate of drug-likeness (QED) is 0.709. The Hall–Kier alpha value is -1.25. The van der Waals surface area contributed by atoms with E-state index >= 15 is 0 Å². The van der Waals surface area contributed by atoms with Crippen molar-refractivity contribution in [2.45, 2.75) is 40.2 Å². The Bertz CT molecular complexity index is 222. The summed E-state index contributed by atoms with van der Waals surface area (Å²) in [6, 6.07) is -0.169. The zero-order valence-corrected chi connectivity index (χ0v) is 10.6. The smallest absolute Gasteiger partial charge is 0.151 e. The lowest BCUT2D eigenvalue weighted by Crippen LogP contribution is -2.31. The van der Waals surface area contributed by atoms with Gasteiger partial charge in [-0.3, -0.25) is 4.79 Å². The van der Waals surface area contributed by atoms with Crippen LogP contribution in [0.25, 0.3) is 0 Å². The van der Waals surface area contributed by atoms with E-state index in [2.05, 4.69) is 23.8 Å². The summed E-state index contributed by atoms with van der Waals surface area (Å²) in [6.07, 6.45) is 0.647. The zero-order chi connectivity index (χ0) is 12.4. The summed E-state index contributed by atoms with van der Waals surface area (Å²) in [5, 5.41) is 5.92. The molecule has 1 atom stereocenters. The third-order valence-corrected chi connectivity index (χ3v) is 1.81. The highest BCUT2D eigenvalue weighted by molar-refractivity contribution is 5.81. The van der Waals surface area contributed by atoms with E-state index in [4.69, 9.17) is 0 Å². The Kier molecular flexibility index (Phi) is 10.0. The molecular formula is C12H24N2O. The van der Waals surface area contributed by atoms with Crippen LogP contribution in [-0.2, 0) is 4.79 Å². The van der Waals surface area contributed by atoms with Crippen LogP contribution in [0.1, 0.15) is 34.1 Å². The highest BCUT2D eigenvalue weighted by Crippen LogP contribution is 2.02. The molecule has 88 valence electrons. The van der Waals surface area contributed by atoms with Gasteiger partial charge in [-0.2, -0.15) is 0 Å². The van der Waals surface area contributed by atoms with Crippen LogP contribution in [0.4, 0.5) is 0 Å². The molecular weight excluding hydrogens is 188 g/mol. The number of ketones is 1. The van der Waals surface area contributed by atoms with Crippen molar-refractivity contribution in [3.8, 4) is 0 Å². The van der Waals surface area contributed by atoms with Crippen molar-refractivity contribution in [3.63, 3.8) is 0 Å². The molecule has 15 heavy (non-hydrogen) atoms. The Morgan fingerprint density at radius 2 is 1.73 bits per heavy atom. The summed E-state index contributed by atoms with van der Waals surface area (Å²) < 4.78 is 0. The van der Waals surface area contributed by atoms with Crippen molar-refractivity contribution < 1.29 is 4.79 Å². The Morgan fingerprint density at radius 1 is 1.27 bits per heavy atom. The van der Waals surface area contributed by atoms with Gasteiger partial charge >= 0.3 is 0 Å². The van der Waals surface area contributed by atoms with E-state index in [1.807, 2.05) is 27.8 Å². The summed E-state index contributed by atoms with van der Waals surface area (Å²) >= 11 is 0. The Labute approximate surface area is 93.6 Å². The fourth-order valence-corrected chi connectivity index (χ4v) is 0.805. The van der Waals surface area contributed by atoms with Gasteiger partial charge in [0, 0.05) is 24.9 Å². The molecule has 2 N–H and O–H groups in total. The SMILES string of the molecule is C=C(CC(=C)NC(C)C(C)=O)NC.CC. The number of carbonyl (C=O) groups excluding carboxylic acids is 1. The second-order valence-corrected chi connectivity index (χ2v) is 3.11. The minimum Gasteiger partial charge on any atom is -0.392 e. The Balaban J connectivity index is 0. The van der Waals surface area contributed by atoms with Crippen LogP contribution in [0.5, 0.6) is 0 Å². The molecule has 0 aliphatic carbocycles. The standard InChI is InChI=1S/C10H18N2O.C2H6/c1-7(11-5)6-8(2)12-9(3)10(4)13;1-2/h9,11-12H,1-2,6H2,3-5H3;1-2H3. The number of Topliss-reactive ketones (excluding diaryl/α,β-unsaturated/α-hetero) is 1. The molecule has 1 unspecified atom stereocenters. The van der Waals surface area contributed by atoms with Crippen LogP contribution >= 0.6 is 0 Å². The van der Waals surface area contributed by atoms with Gasteiger partial charge in [0.05, 0.1) is 6.04 Å². The average Bonchev–Trinajstić information content (AvgIpc) is 2.20. The molecule has 0 radical (unpaired) electrons. The topological polar surface area (TPSA) is 41.1 Å². The van der Waals surface area contributed by atoms with Crippen LogP contribution in [0.3, 0.4) is 0 Å². The lowest BCUT2D eigenvalue weighted by molar-refractivity contribution is -0.118. The fraction of sp³-hybridized carbons (Fsp3) is 0.583. The molecule has 0 bridgehead atoms. The van der Waals surface area contributed by atoms with Crippen molar-refractivity contribution in [2.24, 2.45) is 0 Å². The molecule has 0 heterocycles. The van der Waals surface area contributed by atoms with Crippen molar-refractivity contribution in [2.75, 3.05) is 7.05 Å². The van der Waals surface area contributed by atoms with Crippen molar-refractivity contribution >= 4 is 5.78 Å². The van der Waals surface area contributed by atoms with Gasteiger partial charge in [0.2, 0.25) is 0 Å². The lowest BCUT2D eigenvalue weighted by atomic mass is 10.2. The first kappa shape index (κ1) is 16.2. The first-order valence-electron chi connectivity index (χ1n) is 5.27. The van der Waals surface area contributed by atoms with Gasteiger partial charge < -0.3 is 10.6 Å². The number of hydrogen-bond donors (Lipinski definition) is 2. The molecule has 0 spiro atoms. The van der Waals surface area contributed by atoms with Crippen LogP contribution in [-0.4, -0.2) is 18.9 Å². The lowest BCUT2D eigenvalue weighted by Gasteiger charge is -2.15. The Morgan fingerprint density at radius 3 is 2.07 bits per heavy atom. The molecule has 0 aromatic heterocycles. The van der Waals surface area contributed by atoms with Crippen LogP contribution < -0.4 is 10.6 Å². The number of rotatable bonds is 6. The van der Waals surface area contributed by atoms with Gasteiger partial charge in [-0.15, -0.1) is 0 Å². The molecule has 0 fully saturated rings. The van der Waals surface area contributed by atoms with E-state index in [1.54, 1.807) is 6.92 Å². The first-order valence-corrected chi connectivity index (χ1v) is 5.27. The third kappa shape index (κ3) is 9.06. The van der Waals surface area contributed by atoms with Crippen molar-refractivity contribution in [1.29, 1.82) is 0 Å². The van der Waals surface area contributed by atoms with Gasteiger partial charge in [0.1, 0.15) is 0 Å². The zero-order valence-electron chi connectivity index (χ0n) is 10.6. The van der Waals surface area contributed by atoms with Crippen LogP contribution in [0, 0.1) is 0 Å². The fourth-order valence-electron chi connectivity index (χ4n) is 0.805. The summed E-state index contributed by atoms with van der Waals surface area (Å²) in [6.45, 7) is 14.9. The molecule has 0 saturated heterocycles. The molecule has 0 saturated carbocycles. The summed E-state index contributed by atoms with van der Waals surface area (Å²) in [5.41, 5.74) is 1.69. The highest BCUT2D eigenvalue weighted by atomic mass is 16.1. The largest absolute Gasteiger partial charge is 0.392 e. The summed E-state index contributed by atoms with van der Waals surface area (Å²) in [4.78, 5) is 10.9. The average molecular weight is 212 g/mol. The predicted octanol–water partition coefficient (Wildman–Crippen LogP) is 2.22. The molecule has 0 amide bonds. The molecule has 3 nitrogen and oxygen atoms in total. The molecule has 3 heteroatoms. The molecule has 0 aliphatic heterocycles. The predicted molar refractivity (Wildman–Crippen MR) is 66.6 cm³/mol. The van der Waals surface area contributed by atoms with E-state index in [0.29, 0.717) is 6.42 Å². The van der Waals surface area contributed by atoms with Gasteiger partial charge in [-0.05, 0) is 13.8 Å². The maximum Gasteiger partial charge on any atom is 0.151 e. The molecule has 0 aromatic carbocycles. The van der Waals surface area contributed by atoms with E-state index < -0.39 is 0 Å². The van der Waals surface area contributed by atoms with E-state index in [1.165, 1.54) is 0 Å². The maximum atomic E-state index is 10.9. The number of nitrogens with one attached hydrogen (secondary N) is 2.